The largest absolute Gasteiger partial charge is 0.478 e. The van der Waals surface area contributed by atoms with E-state index in [2.05, 4.69) is 62.1 Å². The molecule has 8 heteroatoms. The third-order valence-electron chi connectivity index (χ3n) is 6.30. The molecule has 2 N–H and O–H groups in total. The van der Waals surface area contributed by atoms with Crippen molar-refractivity contribution in [1.82, 2.24) is 25.6 Å². The second-order valence-electron chi connectivity index (χ2n) is 8.40. The van der Waals surface area contributed by atoms with Crippen LogP contribution in [0.2, 0.25) is 0 Å². The summed E-state index contributed by atoms with van der Waals surface area (Å²) in [5, 5.41) is 17.6. The lowest BCUT2D eigenvalue weighted by Crippen LogP contribution is -2.27. The lowest BCUT2D eigenvalue weighted by molar-refractivity contribution is -0.118. The van der Waals surface area contributed by atoms with Crippen LogP contribution in [0.1, 0.15) is 37.8 Å². The molecule has 172 valence electrons. The highest BCUT2D eigenvalue weighted by atomic mass is 16.5. The van der Waals surface area contributed by atoms with E-state index in [1.807, 2.05) is 37.3 Å². The number of amides is 1. The van der Waals surface area contributed by atoms with Crippen molar-refractivity contribution < 1.29 is 9.53 Å². The summed E-state index contributed by atoms with van der Waals surface area (Å²) < 4.78 is 5.45. The number of carbonyl (C=O) groups is 1. The van der Waals surface area contributed by atoms with Crippen molar-refractivity contribution in [2.45, 2.75) is 38.5 Å². The first-order chi connectivity index (χ1) is 16.6. The Morgan fingerprint density at radius 1 is 1.06 bits per heavy atom. The number of ether oxygens (including phenoxy) is 1. The molecule has 1 saturated carbocycles. The maximum atomic E-state index is 13.3. The van der Waals surface area contributed by atoms with Crippen LogP contribution in [-0.2, 0) is 16.6 Å². The van der Waals surface area contributed by atoms with Crippen LogP contribution in [0.25, 0.3) is 22.5 Å². The van der Waals surface area contributed by atoms with Crippen LogP contribution in [-0.4, -0.2) is 38.1 Å². The minimum absolute atomic E-state index is 0.00583. The summed E-state index contributed by atoms with van der Waals surface area (Å²) in [5.74, 6) is 1.01. The van der Waals surface area contributed by atoms with E-state index in [1.54, 1.807) is 6.20 Å². The molecule has 0 unspecified atom stereocenters. The van der Waals surface area contributed by atoms with Gasteiger partial charge < -0.3 is 10.1 Å². The molecule has 0 aliphatic heterocycles. The molecule has 4 aromatic rings. The Kier molecular flexibility index (Phi) is 5.79. The van der Waals surface area contributed by atoms with Crippen LogP contribution in [0.4, 0.5) is 5.69 Å². The van der Waals surface area contributed by atoms with Gasteiger partial charge in [-0.15, -0.1) is 10.2 Å². The Morgan fingerprint density at radius 2 is 1.88 bits per heavy atom. The first kappa shape index (κ1) is 21.8. The minimum atomic E-state index is -0.462. The molecular formula is C26H26N6O2. The summed E-state index contributed by atoms with van der Waals surface area (Å²) in [5.41, 5.74) is 5.07. The van der Waals surface area contributed by atoms with Gasteiger partial charge in [-0.3, -0.25) is 4.79 Å². The molecule has 0 radical (unpaired) electrons. The third-order valence-corrected chi connectivity index (χ3v) is 6.30. The normalized spacial score (nSPS) is 13.9. The molecule has 1 fully saturated rings. The number of hydrogen-bond donors (Lipinski definition) is 2. The summed E-state index contributed by atoms with van der Waals surface area (Å²) in [6.07, 6.45) is 4.42. The second kappa shape index (κ2) is 9.05. The van der Waals surface area contributed by atoms with Crippen LogP contribution >= 0.6 is 0 Å². The van der Waals surface area contributed by atoms with E-state index in [-0.39, 0.29) is 5.91 Å². The van der Waals surface area contributed by atoms with Gasteiger partial charge in [-0.25, -0.2) is 4.98 Å². The van der Waals surface area contributed by atoms with Crippen LogP contribution in [0, 0.1) is 0 Å². The fourth-order valence-electron chi connectivity index (χ4n) is 4.19. The number of pyridine rings is 1. The number of aromatic amines is 1. The molecule has 1 aliphatic carbocycles. The molecule has 0 spiro atoms. The first-order valence-corrected chi connectivity index (χ1v) is 11.5. The lowest BCUT2D eigenvalue weighted by atomic mass is 9.93. The molecule has 1 amide bonds. The molecule has 0 saturated heterocycles. The van der Waals surface area contributed by atoms with E-state index in [0.717, 1.165) is 41.5 Å². The maximum Gasteiger partial charge on any atom is 0.235 e. The van der Waals surface area contributed by atoms with Gasteiger partial charge in [0.25, 0.3) is 0 Å². The lowest BCUT2D eigenvalue weighted by Gasteiger charge is -2.17. The number of aryl methyl sites for hydroxylation is 1. The predicted molar refractivity (Wildman–Crippen MR) is 129 cm³/mol. The number of tetrazole rings is 1. The van der Waals surface area contributed by atoms with E-state index >= 15 is 0 Å². The zero-order valence-corrected chi connectivity index (χ0v) is 19.2. The standard InChI is InChI=1S/C26H26N6O2/c1-3-17-5-8-19(9-6-17)26(13-14-26)25(33)28-20-10-11-21(22(15-20)24-29-31-32-30-24)18-7-12-23(27-16-18)34-4-2/h5-12,15-16H,3-4,13-14H2,1-2H3,(H,28,33)(H,29,30,31,32). The van der Waals surface area contributed by atoms with Gasteiger partial charge in [0.1, 0.15) is 0 Å². The van der Waals surface area contributed by atoms with Gasteiger partial charge in [0.05, 0.1) is 12.0 Å². The number of aromatic nitrogens is 5. The second-order valence-corrected chi connectivity index (χ2v) is 8.40. The Balaban J connectivity index is 1.44. The van der Waals surface area contributed by atoms with Gasteiger partial charge in [-0.1, -0.05) is 37.3 Å². The van der Waals surface area contributed by atoms with Crippen molar-refractivity contribution in [1.29, 1.82) is 0 Å². The molecule has 5 rings (SSSR count). The van der Waals surface area contributed by atoms with E-state index < -0.39 is 5.41 Å². The topological polar surface area (TPSA) is 106 Å². The highest BCUT2D eigenvalue weighted by molar-refractivity contribution is 6.02. The number of hydrogen-bond acceptors (Lipinski definition) is 6. The maximum absolute atomic E-state index is 13.3. The molecule has 0 atom stereocenters. The number of rotatable bonds is 8. The first-order valence-electron chi connectivity index (χ1n) is 11.5. The van der Waals surface area contributed by atoms with Crippen molar-refractivity contribution in [2.75, 3.05) is 11.9 Å². The summed E-state index contributed by atoms with van der Waals surface area (Å²) in [7, 11) is 0. The molecule has 8 nitrogen and oxygen atoms in total. The van der Waals surface area contributed by atoms with E-state index in [0.29, 0.717) is 24.0 Å². The fourth-order valence-corrected chi connectivity index (χ4v) is 4.19. The molecular weight excluding hydrogens is 428 g/mol. The third kappa shape index (κ3) is 4.14. The van der Waals surface area contributed by atoms with Crippen LogP contribution in [0.15, 0.2) is 60.8 Å². The monoisotopic (exact) mass is 454 g/mol. The quantitative estimate of drug-likeness (QED) is 0.404. The van der Waals surface area contributed by atoms with Crippen LogP contribution < -0.4 is 10.1 Å². The summed E-state index contributed by atoms with van der Waals surface area (Å²) >= 11 is 0. The predicted octanol–water partition coefficient (Wildman–Crippen LogP) is 4.56. The van der Waals surface area contributed by atoms with E-state index in [1.165, 1.54) is 5.56 Å². The Hall–Kier alpha value is -4.07. The Morgan fingerprint density at radius 3 is 2.50 bits per heavy atom. The summed E-state index contributed by atoms with van der Waals surface area (Å²) in [6.45, 7) is 4.60. The van der Waals surface area contributed by atoms with Crippen molar-refractivity contribution in [3.8, 4) is 28.4 Å². The zero-order valence-electron chi connectivity index (χ0n) is 19.2. The van der Waals surface area contributed by atoms with E-state index in [9.17, 15) is 4.79 Å². The zero-order chi connectivity index (χ0) is 23.5. The smallest absolute Gasteiger partial charge is 0.235 e. The molecule has 2 aromatic heterocycles. The van der Waals surface area contributed by atoms with Crippen LogP contribution in [0.5, 0.6) is 5.88 Å². The average molecular weight is 455 g/mol. The SMILES string of the molecule is CCOc1ccc(-c2ccc(NC(=O)C3(c4ccc(CC)cc4)CC3)cc2-c2nn[nH]n2)cn1. The number of carbonyl (C=O) groups excluding carboxylic acids is 1. The van der Waals surface area contributed by atoms with Crippen molar-refractivity contribution in [3.05, 3.63) is 71.9 Å². The molecule has 34 heavy (non-hydrogen) atoms. The molecule has 2 aromatic carbocycles. The minimum Gasteiger partial charge on any atom is -0.478 e. The highest BCUT2D eigenvalue weighted by Crippen LogP contribution is 2.49. The van der Waals surface area contributed by atoms with Crippen LogP contribution in [0.3, 0.4) is 0 Å². The summed E-state index contributed by atoms with van der Waals surface area (Å²) in [6, 6.07) is 17.9. The van der Waals surface area contributed by atoms with Crippen molar-refractivity contribution in [3.63, 3.8) is 0 Å². The highest BCUT2D eigenvalue weighted by Gasteiger charge is 2.51. The van der Waals surface area contributed by atoms with Gasteiger partial charge >= 0.3 is 0 Å². The van der Waals surface area contributed by atoms with Gasteiger partial charge in [0.15, 0.2) is 0 Å². The Labute approximate surface area is 197 Å². The van der Waals surface area contributed by atoms with Gasteiger partial charge in [0.2, 0.25) is 17.6 Å². The van der Waals surface area contributed by atoms with Gasteiger partial charge in [0, 0.05) is 29.1 Å². The van der Waals surface area contributed by atoms with Crippen molar-refractivity contribution >= 4 is 11.6 Å². The number of H-pyrrole nitrogens is 1. The molecule has 1 aliphatic rings. The van der Waals surface area contributed by atoms with Crippen molar-refractivity contribution in [2.24, 2.45) is 0 Å². The number of anilines is 1. The molecule has 0 bridgehead atoms. The van der Waals surface area contributed by atoms with Gasteiger partial charge in [-0.2, -0.15) is 5.21 Å². The number of benzene rings is 2. The van der Waals surface area contributed by atoms with Gasteiger partial charge in [-0.05, 0) is 66.3 Å². The number of nitrogens with zero attached hydrogens (tertiary/aromatic N) is 4. The summed E-state index contributed by atoms with van der Waals surface area (Å²) in [4.78, 5) is 17.7. The average Bonchev–Trinajstić information content (AvgIpc) is 3.51. The van der Waals surface area contributed by atoms with E-state index in [4.69, 9.17) is 4.74 Å². The number of nitrogens with one attached hydrogen (secondary N) is 2. The molecule has 2 heterocycles. The fraction of sp³-hybridized carbons (Fsp3) is 0.269. The Bertz CT molecular complexity index is 1280.